The Balaban J connectivity index is 0.00000256. The van der Waals surface area contributed by atoms with E-state index in [1.807, 2.05) is 30.3 Å². The van der Waals surface area contributed by atoms with Gasteiger partial charge < -0.3 is 16.6 Å². The molecule has 0 saturated heterocycles. The van der Waals surface area contributed by atoms with Crippen LogP contribution in [0, 0.1) is 0 Å². The zero-order valence-corrected chi connectivity index (χ0v) is 18.9. The molecule has 0 bridgehead atoms. The van der Waals surface area contributed by atoms with Crippen LogP contribution in [0.5, 0.6) is 5.75 Å². The number of benzene rings is 3. The summed E-state index contributed by atoms with van der Waals surface area (Å²) >= 11 is 13.5. The average molecular weight is 470 g/mol. The van der Waals surface area contributed by atoms with Gasteiger partial charge in [0.1, 0.15) is 5.75 Å². The second-order valence-corrected chi connectivity index (χ2v) is 8.11. The van der Waals surface area contributed by atoms with Crippen LogP contribution in [0.25, 0.3) is 0 Å². The smallest absolute Gasteiger partial charge is 1.00 e. The van der Waals surface area contributed by atoms with E-state index in [0.717, 1.165) is 4.90 Å². The molecule has 5 nitrogen and oxygen atoms in total. The summed E-state index contributed by atoms with van der Waals surface area (Å²) in [7, 11) is 0. The van der Waals surface area contributed by atoms with Gasteiger partial charge in [0.25, 0.3) is 5.91 Å². The van der Waals surface area contributed by atoms with Gasteiger partial charge in [0.2, 0.25) is 0 Å². The van der Waals surface area contributed by atoms with Gasteiger partial charge in [-0.2, -0.15) is 0 Å². The number of carboxylic acids is 1. The molecule has 0 heterocycles. The molecule has 0 aromatic heterocycles. The number of hydrogen-bond donors (Lipinski definition) is 2. The first-order chi connectivity index (χ1) is 14.4. The molecule has 0 radical (unpaired) electrons. The zero-order chi connectivity index (χ0) is 21.5. The van der Waals surface area contributed by atoms with Gasteiger partial charge in [-0.3, -0.25) is 4.79 Å². The van der Waals surface area contributed by atoms with Gasteiger partial charge in [0.15, 0.2) is 0 Å². The molecule has 3 aromatic rings. The van der Waals surface area contributed by atoms with E-state index >= 15 is 0 Å². The van der Waals surface area contributed by atoms with Gasteiger partial charge in [0, 0.05) is 15.7 Å². The molecule has 0 aliphatic rings. The Morgan fingerprint density at radius 1 is 1.00 bits per heavy atom. The molecule has 2 N–H and O–H groups in total. The van der Waals surface area contributed by atoms with Crippen molar-refractivity contribution in [2.75, 3.05) is 17.7 Å². The number of hydrogen-bond acceptors (Lipinski definition) is 4. The van der Waals surface area contributed by atoms with Crippen molar-refractivity contribution in [2.24, 2.45) is 0 Å². The van der Waals surface area contributed by atoms with Crippen molar-refractivity contribution in [1.82, 2.24) is 0 Å². The number of carbonyl (C=O) groups is 2. The van der Waals surface area contributed by atoms with E-state index in [1.165, 1.54) is 30.3 Å². The number of carbonyl (C=O) groups excluding carboxylic acids is 1. The fourth-order valence-corrected chi connectivity index (χ4v) is 3.84. The summed E-state index contributed by atoms with van der Waals surface area (Å²) in [5.74, 6) is -0.604. The standard InChI is InChI=1S/C22H17Cl2NO4S.Li.H/c23-14-6-8-17(19(24)12-14)21(26)25-20-9-7-15(13-18(20)22(27)28)29-10-11-30-16-4-2-1-3-5-16;;/h1-9,12-13H,10-11H2,(H,25,26)(H,27,28);;/q;+1;-1. The van der Waals surface area contributed by atoms with E-state index < -0.39 is 11.9 Å². The SMILES string of the molecule is O=C(Nc1ccc(OCCSc2ccccc2)cc1C(=O)O)c1ccc(Cl)cc1Cl.[H-].[Li+]. The number of thioether (sulfide) groups is 1. The summed E-state index contributed by atoms with van der Waals surface area (Å²) in [4.78, 5) is 25.3. The number of aromatic carboxylic acids is 1. The van der Waals surface area contributed by atoms with Crippen LogP contribution < -0.4 is 28.9 Å². The number of amides is 1. The van der Waals surface area contributed by atoms with Crippen LogP contribution in [-0.4, -0.2) is 29.3 Å². The van der Waals surface area contributed by atoms with E-state index in [0.29, 0.717) is 23.1 Å². The maximum atomic E-state index is 12.5. The fraction of sp³-hybridized carbons (Fsp3) is 0.0909. The Bertz CT molecular complexity index is 1070. The van der Waals surface area contributed by atoms with Gasteiger partial charge in [-0.15, -0.1) is 11.8 Å². The number of rotatable bonds is 8. The second-order valence-electron chi connectivity index (χ2n) is 6.10. The minimum Gasteiger partial charge on any atom is -1.00 e. The molecule has 0 atom stereocenters. The van der Waals surface area contributed by atoms with E-state index in [1.54, 1.807) is 17.8 Å². The van der Waals surface area contributed by atoms with E-state index in [4.69, 9.17) is 27.9 Å². The van der Waals surface area contributed by atoms with Crippen LogP contribution in [0.2, 0.25) is 10.0 Å². The fourth-order valence-electron chi connectivity index (χ4n) is 2.60. The Kier molecular flexibility index (Phi) is 9.82. The molecule has 156 valence electrons. The number of ether oxygens (including phenoxy) is 1. The van der Waals surface area contributed by atoms with Crippen molar-refractivity contribution in [3.05, 3.63) is 87.9 Å². The van der Waals surface area contributed by atoms with E-state index in [2.05, 4.69) is 5.32 Å². The molecular formula is C22H18Cl2LiNO4S. The van der Waals surface area contributed by atoms with Crippen LogP contribution in [0.1, 0.15) is 22.1 Å². The minimum atomic E-state index is -1.18. The van der Waals surface area contributed by atoms with Crippen LogP contribution in [0.3, 0.4) is 0 Å². The van der Waals surface area contributed by atoms with Crippen molar-refractivity contribution < 1.29 is 39.7 Å². The predicted octanol–water partition coefficient (Wildman–Crippen LogP) is 3.23. The summed E-state index contributed by atoms with van der Waals surface area (Å²) in [6.45, 7) is 0.407. The molecule has 0 spiro atoms. The Labute approximate surface area is 207 Å². The summed E-state index contributed by atoms with van der Waals surface area (Å²) < 4.78 is 5.66. The molecule has 0 fully saturated rings. The molecule has 3 rings (SSSR count). The van der Waals surface area contributed by atoms with Crippen molar-refractivity contribution in [3.8, 4) is 5.75 Å². The molecule has 31 heavy (non-hydrogen) atoms. The topological polar surface area (TPSA) is 75.6 Å². The normalized spacial score (nSPS) is 10.1. The van der Waals surface area contributed by atoms with E-state index in [-0.39, 0.29) is 42.1 Å². The molecule has 0 aliphatic heterocycles. The van der Waals surface area contributed by atoms with Gasteiger partial charge in [-0.25, -0.2) is 4.79 Å². The largest absolute Gasteiger partial charge is 1.00 e. The Morgan fingerprint density at radius 2 is 1.74 bits per heavy atom. The number of nitrogens with one attached hydrogen (secondary N) is 1. The van der Waals surface area contributed by atoms with Gasteiger partial charge in [0.05, 0.1) is 28.4 Å². The van der Waals surface area contributed by atoms with Crippen molar-refractivity contribution in [3.63, 3.8) is 0 Å². The summed E-state index contributed by atoms with van der Waals surface area (Å²) in [6.07, 6.45) is 0. The second kappa shape index (κ2) is 12.1. The minimum absolute atomic E-state index is 0. The first kappa shape index (κ1) is 25.2. The quantitative estimate of drug-likeness (QED) is 0.301. The summed E-state index contributed by atoms with van der Waals surface area (Å²) in [5.41, 5.74) is 0.252. The monoisotopic (exact) mass is 469 g/mol. The first-order valence-electron chi connectivity index (χ1n) is 8.88. The van der Waals surface area contributed by atoms with Crippen molar-refractivity contribution in [1.29, 1.82) is 0 Å². The Hall–Kier alpha value is -2.07. The van der Waals surface area contributed by atoms with Crippen LogP contribution in [0.4, 0.5) is 5.69 Å². The van der Waals surface area contributed by atoms with Gasteiger partial charge in [-0.1, -0.05) is 41.4 Å². The zero-order valence-electron chi connectivity index (χ0n) is 17.6. The third kappa shape index (κ3) is 7.24. The van der Waals surface area contributed by atoms with Crippen molar-refractivity contribution >= 4 is 52.5 Å². The maximum Gasteiger partial charge on any atom is 1.00 e. The van der Waals surface area contributed by atoms with Crippen LogP contribution in [-0.2, 0) is 0 Å². The molecule has 0 saturated carbocycles. The van der Waals surface area contributed by atoms with Crippen LogP contribution in [0.15, 0.2) is 71.6 Å². The maximum absolute atomic E-state index is 12.5. The van der Waals surface area contributed by atoms with Crippen LogP contribution >= 0.6 is 35.0 Å². The molecule has 9 heteroatoms. The van der Waals surface area contributed by atoms with E-state index in [9.17, 15) is 14.7 Å². The third-order valence-electron chi connectivity index (χ3n) is 4.01. The molecule has 1 amide bonds. The number of anilines is 1. The molecule has 0 unspecified atom stereocenters. The Morgan fingerprint density at radius 3 is 2.42 bits per heavy atom. The van der Waals surface area contributed by atoms with Gasteiger partial charge >= 0.3 is 24.8 Å². The third-order valence-corrected chi connectivity index (χ3v) is 5.53. The molecule has 3 aromatic carbocycles. The van der Waals surface area contributed by atoms with Gasteiger partial charge in [-0.05, 0) is 48.5 Å². The number of carboxylic acid groups (broad SMARTS) is 1. The number of halogens is 2. The first-order valence-corrected chi connectivity index (χ1v) is 10.6. The summed E-state index contributed by atoms with van der Waals surface area (Å²) in [5, 5.41) is 12.7. The molecular weight excluding hydrogens is 452 g/mol. The average Bonchev–Trinajstić information content (AvgIpc) is 2.72. The van der Waals surface area contributed by atoms with Crippen molar-refractivity contribution in [2.45, 2.75) is 4.90 Å². The predicted molar refractivity (Wildman–Crippen MR) is 122 cm³/mol. The molecule has 0 aliphatic carbocycles. The summed E-state index contributed by atoms with van der Waals surface area (Å²) in [6, 6.07) is 18.8.